The summed E-state index contributed by atoms with van der Waals surface area (Å²) in [6, 6.07) is 2.01. The van der Waals surface area contributed by atoms with Crippen molar-refractivity contribution in [2.45, 2.75) is 25.9 Å². The van der Waals surface area contributed by atoms with Crippen LogP contribution in [-0.2, 0) is 22.5 Å². The average Bonchev–Trinajstić information content (AvgIpc) is 2.73. The number of hydrogen-bond acceptors (Lipinski definition) is 4. The number of esters is 1. The van der Waals surface area contributed by atoms with Crippen molar-refractivity contribution in [2.24, 2.45) is 0 Å². The molecule has 15 heavy (non-hydrogen) atoms. The average molecular weight is 225 g/mol. The number of carbonyl (C=O) groups excluding carboxylic acids is 1. The van der Waals surface area contributed by atoms with Gasteiger partial charge in [0.15, 0.2) is 0 Å². The van der Waals surface area contributed by atoms with Crippen LogP contribution in [0.2, 0.25) is 0 Å². The zero-order valence-electron chi connectivity index (χ0n) is 9.03. The van der Waals surface area contributed by atoms with Crippen molar-refractivity contribution in [3.63, 3.8) is 0 Å². The summed E-state index contributed by atoms with van der Waals surface area (Å²) >= 11 is 1.81. The normalized spacial score (nSPS) is 18.3. The molecule has 0 amide bonds. The van der Waals surface area contributed by atoms with Crippen LogP contribution in [0, 0.1) is 0 Å². The number of nitrogens with zero attached hydrogens (tertiary/aromatic N) is 1. The molecular formula is C11H15NO2S. The predicted molar refractivity (Wildman–Crippen MR) is 59.9 cm³/mol. The molecule has 1 aliphatic heterocycles. The SMILES string of the molecule is COC(=O)[C@H](C)N1CCc2sccc2C1. The molecule has 82 valence electrons. The molecule has 1 atom stereocenters. The molecule has 1 aromatic rings. The van der Waals surface area contributed by atoms with E-state index in [1.165, 1.54) is 17.6 Å². The number of methoxy groups -OCH3 is 1. The van der Waals surface area contributed by atoms with Crippen LogP contribution in [-0.4, -0.2) is 30.6 Å². The first-order valence-corrected chi connectivity index (χ1v) is 5.97. The van der Waals surface area contributed by atoms with Gasteiger partial charge >= 0.3 is 5.97 Å². The van der Waals surface area contributed by atoms with E-state index < -0.39 is 0 Å². The second kappa shape index (κ2) is 4.33. The maximum Gasteiger partial charge on any atom is 0.322 e. The molecule has 3 nitrogen and oxygen atoms in total. The topological polar surface area (TPSA) is 29.5 Å². The highest BCUT2D eigenvalue weighted by Crippen LogP contribution is 2.25. The van der Waals surface area contributed by atoms with E-state index in [9.17, 15) is 4.79 Å². The van der Waals surface area contributed by atoms with Crippen molar-refractivity contribution in [3.05, 3.63) is 21.9 Å². The minimum Gasteiger partial charge on any atom is -0.468 e. The van der Waals surface area contributed by atoms with Crippen molar-refractivity contribution in [1.29, 1.82) is 0 Å². The Bertz CT molecular complexity index is 361. The molecule has 0 aromatic carbocycles. The van der Waals surface area contributed by atoms with E-state index in [1.54, 1.807) is 0 Å². The number of fused-ring (bicyclic) bond motifs is 1. The molecule has 0 spiro atoms. The zero-order chi connectivity index (χ0) is 10.8. The summed E-state index contributed by atoms with van der Waals surface area (Å²) < 4.78 is 4.76. The lowest BCUT2D eigenvalue weighted by Crippen LogP contribution is -2.42. The second-order valence-electron chi connectivity index (χ2n) is 3.79. The lowest BCUT2D eigenvalue weighted by molar-refractivity contribution is -0.146. The van der Waals surface area contributed by atoms with Gasteiger partial charge < -0.3 is 4.74 Å². The van der Waals surface area contributed by atoms with Gasteiger partial charge in [0.1, 0.15) is 6.04 Å². The minimum atomic E-state index is -0.145. The van der Waals surface area contributed by atoms with Crippen LogP contribution >= 0.6 is 11.3 Å². The summed E-state index contributed by atoms with van der Waals surface area (Å²) in [6.07, 6.45) is 1.05. The number of carbonyl (C=O) groups is 1. The van der Waals surface area contributed by atoms with E-state index in [1.807, 2.05) is 18.3 Å². The lowest BCUT2D eigenvalue weighted by atomic mass is 10.1. The Morgan fingerprint density at radius 1 is 1.67 bits per heavy atom. The molecule has 1 aromatic heterocycles. The first-order valence-electron chi connectivity index (χ1n) is 5.09. The van der Waals surface area contributed by atoms with Crippen LogP contribution in [0.4, 0.5) is 0 Å². The molecule has 0 fully saturated rings. The Balaban J connectivity index is 2.06. The van der Waals surface area contributed by atoms with E-state index in [-0.39, 0.29) is 12.0 Å². The van der Waals surface area contributed by atoms with Crippen LogP contribution in [0.5, 0.6) is 0 Å². The number of thiophene rings is 1. The largest absolute Gasteiger partial charge is 0.468 e. The fourth-order valence-corrected chi connectivity index (χ4v) is 2.81. The molecule has 2 rings (SSSR count). The van der Waals surface area contributed by atoms with E-state index in [4.69, 9.17) is 4.74 Å². The Kier molecular flexibility index (Phi) is 3.07. The maximum absolute atomic E-state index is 11.4. The van der Waals surface area contributed by atoms with Gasteiger partial charge in [-0.15, -0.1) is 11.3 Å². The van der Waals surface area contributed by atoms with Crippen molar-refractivity contribution in [2.75, 3.05) is 13.7 Å². The van der Waals surface area contributed by atoms with Gasteiger partial charge in [0.25, 0.3) is 0 Å². The molecule has 0 bridgehead atoms. The zero-order valence-corrected chi connectivity index (χ0v) is 9.84. The van der Waals surface area contributed by atoms with Crippen molar-refractivity contribution < 1.29 is 9.53 Å². The van der Waals surface area contributed by atoms with Crippen molar-refractivity contribution in [3.8, 4) is 0 Å². The molecule has 0 radical (unpaired) electrons. The van der Waals surface area contributed by atoms with Crippen LogP contribution in [0.3, 0.4) is 0 Å². The Morgan fingerprint density at radius 2 is 2.47 bits per heavy atom. The van der Waals surface area contributed by atoms with E-state index in [0.29, 0.717) is 0 Å². The van der Waals surface area contributed by atoms with Crippen LogP contribution in [0.25, 0.3) is 0 Å². The third kappa shape index (κ3) is 2.06. The molecule has 4 heteroatoms. The molecule has 0 aliphatic carbocycles. The van der Waals surface area contributed by atoms with Crippen LogP contribution < -0.4 is 0 Å². The maximum atomic E-state index is 11.4. The van der Waals surface area contributed by atoms with E-state index >= 15 is 0 Å². The highest BCUT2D eigenvalue weighted by Gasteiger charge is 2.26. The highest BCUT2D eigenvalue weighted by atomic mass is 32.1. The van der Waals surface area contributed by atoms with Gasteiger partial charge in [-0.05, 0) is 30.4 Å². The standard InChI is InChI=1S/C11H15NO2S/c1-8(11(13)14-2)12-5-3-10-9(7-12)4-6-15-10/h4,6,8H,3,5,7H2,1-2H3/t8-/m0/s1. The lowest BCUT2D eigenvalue weighted by Gasteiger charge is -2.30. The third-order valence-electron chi connectivity index (χ3n) is 2.93. The summed E-state index contributed by atoms with van der Waals surface area (Å²) in [5, 5.41) is 2.12. The number of ether oxygens (including phenoxy) is 1. The summed E-state index contributed by atoms with van der Waals surface area (Å²) in [6.45, 7) is 3.72. The summed E-state index contributed by atoms with van der Waals surface area (Å²) in [4.78, 5) is 15.0. The summed E-state index contributed by atoms with van der Waals surface area (Å²) in [5.74, 6) is -0.145. The van der Waals surface area contributed by atoms with Gasteiger partial charge in [0.2, 0.25) is 0 Å². The van der Waals surface area contributed by atoms with Crippen LogP contribution in [0.15, 0.2) is 11.4 Å². The van der Waals surface area contributed by atoms with Gasteiger partial charge in [-0.25, -0.2) is 0 Å². The van der Waals surface area contributed by atoms with E-state index in [2.05, 4.69) is 16.3 Å². The number of rotatable bonds is 2. The highest BCUT2D eigenvalue weighted by molar-refractivity contribution is 7.10. The fraction of sp³-hybridized carbons (Fsp3) is 0.545. The molecule has 0 unspecified atom stereocenters. The quantitative estimate of drug-likeness (QED) is 0.717. The van der Waals surface area contributed by atoms with Gasteiger partial charge in [-0.3, -0.25) is 9.69 Å². The van der Waals surface area contributed by atoms with Crippen molar-refractivity contribution >= 4 is 17.3 Å². The predicted octanol–water partition coefficient (Wildman–Crippen LogP) is 1.67. The van der Waals surface area contributed by atoms with Crippen LogP contribution in [0.1, 0.15) is 17.4 Å². The molecule has 0 N–H and O–H groups in total. The third-order valence-corrected chi connectivity index (χ3v) is 3.95. The van der Waals surface area contributed by atoms with Gasteiger partial charge in [0, 0.05) is 18.0 Å². The monoisotopic (exact) mass is 225 g/mol. The van der Waals surface area contributed by atoms with E-state index in [0.717, 1.165) is 19.5 Å². The first kappa shape index (κ1) is 10.6. The molecule has 0 saturated carbocycles. The van der Waals surface area contributed by atoms with Gasteiger partial charge in [0.05, 0.1) is 7.11 Å². The number of hydrogen-bond donors (Lipinski definition) is 0. The fourth-order valence-electron chi connectivity index (χ4n) is 1.92. The molecule has 1 aliphatic rings. The minimum absolute atomic E-state index is 0.136. The Morgan fingerprint density at radius 3 is 3.20 bits per heavy atom. The van der Waals surface area contributed by atoms with Crippen molar-refractivity contribution in [1.82, 2.24) is 4.90 Å². The Labute approximate surface area is 93.7 Å². The first-order chi connectivity index (χ1) is 7.22. The molecule has 0 saturated heterocycles. The molecule has 2 heterocycles. The molecular weight excluding hydrogens is 210 g/mol. The van der Waals surface area contributed by atoms with Gasteiger partial charge in [-0.1, -0.05) is 0 Å². The smallest absolute Gasteiger partial charge is 0.322 e. The Hall–Kier alpha value is -0.870. The van der Waals surface area contributed by atoms with Gasteiger partial charge in [-0.2, -0.15) is 0 Å². The summed E-state index contributed by atoms with van der Waals surface area (Å²) in [7, 11) is 1.44. The summed E-state index contributed by atoms with van der Waals surface area (Å²) in [5.41, 5.74) is 1.36. The second-order valence-corrected chi connectivity index (χ2v) is 4.79.